The molecule has 1 atom stereocenters. The Balaban J connectivity index is 2.39. The van der Waals surface area contributed by atoms with E-state index in [1.807, 2.05) is 18.2 Å². The van der Waals surface area contributed by atoms with Crippen molar-refractivity contribution in [3.8, 4) is 0 Å². The summed E-state index contributed by atoms with van der Waals surface area (Å²) in [5.41, 5.74) is 7.56. The van der Waals surface area contributed by atoms with Crippen LogP contribution in [0.3, 0.4) is 0 Å². The minimum absolute atomic E-state index is 0.334. The zero-order valence-electron chi connectivity index (χ0n) is 9.37. The van der Waals surface area contributed by atoms with E-state index in [0.29, 0.717) is 6.61 Å². The Kier molecular flexibility index (Phi) is 3.49. The lowest BCUT2D eigenvalue weighted by Crippen LogP contribution is -2.23. The van der Waals surface area contributed by atoms with Crippen LogP contribution in [-0.4, -0.2) is 17.6 Å². The number of fused-ring (bicyclic) bond motifs is 1. The molecule has 0 saturated heterocycles. The minimum atomic E-state index is -0.745. The van der Waals surface area contributed by atoms with Crippen LogP contribution in [-0.2, 0) is 9.53 Å². The smallest absolute Gasteiger partial charge is 0.327 e. The highest BCUT2D eigenvalue weighted by atomic mass is 79.9. The standard InChI is InChI=1S/C12H13BrN2O2/c1-2-17-12(16)11(14)9-6-15-10-5-7(13)3-4-8(9)10/h3-6,11,15H,2,14H2,1H3. The Morgan fingerprint density at radius 2 is 2.35 bits per heavy atom. The molecule has 1 aromatic carbocycles. The lowest BCUT2D eigenvalue weighted by atomic mass is 10.1. The predicted molar refractivity (Wildman–Crippen MR) is 69.6 cm³/mol. The molecule has 2 rings (SSSR count). The molecular formula is C12H13BrN2O2. The first-order chi connectivity index (χ1) is 8.13. The molecule has 1 unspecified atom stereocenters. The molecule has 0 aliphatic heterocycles. The first-order valence-corrected chi connectivity index (χ1v) is 6.11. The number of ether oxygens (including phenoxy) is 1. The van der Waals surface area contributed by atoms with E-state index in [-0.39, 0.29) is 0 Å². The number of aromatic amines is 1. The topological polar surface area (TPSA) is 68.1 Å². The largest absolute Gasteiger partial charge is 0.465 e. The molecule has 0 bridgehead atoms. The maximum Gasteiger partial charge on any atom is 0.327 e. The molecular weight excluding hydrogens is 284 g/mol. The number of halogens is 1. The van der Waals surface area contributed by atoms with E-state index < -0.39 is 12.0 Å². The fourth-order valence-electron chi connectivity index (χ4n) is 1.74. The average Bonchev–Trinajstić information content (AvgIpc) is 2.71. The van der Waals surface area contributed by atoms with Crippen molar-refractivity contribution in [2.75, 3.05) is 6.61 Å². The molecule has 0 aliphatic carbocycles. The lowest BCUT2D eigenvalue weighted by molar-refractivity contribution is -0.144. The molecule has 0 fully saturated rings. The van der Waals surface area contributed by atoms with Gasteiger partial charge in [0, 0.05) is 27.1 Å². The molecule has 0 aliphatic rings. The highest BCUT2D eigenvalue weighted by molar-refractivity contribution is 9.10. The Morgan fingerprint density at radius 3 is 3.06 bits per heavy atom. The lowest BCUT2D eigenvalue weighted by Gasteiger charge is -2.09. The number of benzene rings is 1. The van der Waals surface area contributed by atoms with Gasteiger partial charge in [0.2, 0.25) is 0 Å². The predicted octanol–water partition coefficient (Wildman–Crippen LogP) is 2.49. The number of carbonyl (C=O) groups excluding carboxylic acids is 1. The number of hydrogen-bond donors (Lipinski definition) is 2. The van der Waals surface area contributed by atoms with Gasteiger partial charge >= 0.3 is 5.97 Å². The summed E-state index contributed by atoms with van der Waals surface area (Å²) in [5, 5.41) is 0.939. The summed E-state index contributed by atoms with van der Waals surface area (Å²) in [7, 11) is 0. The quantitative estimate of drug-likeness (QED) is 0.855. The van der Waals surface area contributed by atoms with Gasteiger partial charge in [-0.3, -0.25) is 0 Å². The number of carbonyl (C=O) groups is 1. The van der Waals surface area contributed by atoms with Crippen molar-refractivity contribution < 1.29 is 9.53 Å². The van der Waals surface area contributed by atoms with E-state index >= 15 is 0 Å². The third-order valence-electron chi connectivity index (χ3n) is 2.55. The first kappa shape index (κ1) is 12.1. The van der Waals surface area contributed by atoms with Crippen LogP contribution in [0, 0.1) is 0 Å². The number of nitrogens with two attached hydrogens (primary N) is 1. The van der Waals surface area contributed by atoms with Crippen LogP contribution in [0.15, 0.2) is 28.9 Å². The second kappa shape index (κ2) is 4.89. The SMILES string of the molecule is CCOC(=O)C(N)c1c[nH]c2cc(Br)ccc12. The maximum atomic E-state index is 11.6. The molecule has 0 radical (unpaired) electrons. The Morgan fingerprint density at radius 1 is 1.59 bits per heavy atom. The van der Waals surface area contributed by atoms with Gasteiger partial charge < -0.3 is 15.5 Å². The van der Waals surface area contributed by atoms with E-state index in [0.717, 1.165) is 20.9 Å². The van der Waals surface area contributed by atoms with Gasteiger partial charge in [-0.25, -0.2) is 4.79 Å². The highest BCUT2D eigenvalue weighted by Gasteiger charge is 2.20. The molecule has 90 valence electrons. The second-order valence-electron chi connectivity index (χ2n) is 3.66. The molecule has 17 heavy (non-hydrogen) atoms. The summed E-state index contributed by atoms with van der Waals surface area (Å²) in [4.78, 5) is 14.7. The van der Waals surface area contributed by atoms with Crippen molar-refractivity contribution in [1.82, 2.24) is 4.98 Å². The van der Waals surface area contributed by atoms with Crippen molar-refractivity contribution in [3.05, 3.63) is 34.4 Å². The Bertz CT molecular complexity index is 550. The van der Waals surface area contributed by atoms with Gasteiger partial charge in [0.1, 0.15) is 6.04 Å². The van der Waals surface area contributed by atoms with Gasteiger partial charge in [-0.1, -0.05) is 22.0 Å². The highest BCUT2D eigenvalue weighted by Crippen LogP contribution is 2.26. The third kappa shape index (κ3) is 2.35. The van der Waals surface area contributed by atoms with Crippen LogP contribution >= 0.6 is 15.9 Å². The van der Waals surface area contributed by atoms with Crippen molar-refractivity contribution in [2.45, 2.75) is 13.0 Å². The van der Waals surface area contributed by atoms with Crippen LogP contribution in [0.5, 0.6) is 0 Å². The van der Waals surface area contributed by atoms with E-state index in [1.165, 1.54) is 0 Å². The van der Waals surface area contributed by atoms with Crippen molar-refractivity contribution >= 4 is 32.8 Å². The Labute approximate surface area is 107 Å². The molecule has 3 N–H and O–H groups in total. The number of esters is 1. The van der Waals surface area contributed by atoms with Gasteiger partial charge in [0.25, 0.3) is 0 Å². The van der Waals surface area contributed by atoms with Gasteiger partial charge in [0.05, 0.1) is 6.61 Å². The van der Waals surface area contributed by atoms with Gasteiger partial charge in [0.15, 0.2) is 0 Å². The Hall–Kier alpha value is -1.33. The molecule has 0 spiro atoms. The summed E-state index contributed by atoms with van der Waals surface area (Å²) in [6, 6.07) is 5.03. The number of aromatic nitrogens is 1. The first-order valence-electron chi connectivity index (χ1n) is 5.32. The van der Waals surface area contributed by atoms with Crippen LogP contribution in [0.2, 0.25) is 0 Å². The van der Waals surface area contributed by atoms with Crippen LogP contribution in [0.25, 0.3) is 10.9 Å². The van der Waals surface area contributed by atoms with E-state index in [2.05, 4.69) is 20.9 Å². The maximum absolute atomic E-state index is 11.6. The second-order valence-corrected chi connectivity index (χ2v) is 4.58. The zero-order valence-corrected chi connectivity index (χ0v) is 11.0. The number of nitrogens with one attached hydrogen (secondary N) is 1. The molecule has 4 nitrogen and oxygen atoms in total. The van der Waals surface area contributed by atoms with Gasteiger partial charge in [-0.15, -0.1) is 0 Å². The number of hydrogen-bond acceptors (Lipinski definition) is 3. The molecule has 0 saturated carbocycles. The average molecular weight is 297 g/mol. The van der Waals surface area contributed by atoms with E-state index in [9.17, 15) is 4.79 Å². The number of H-pyrrole nitrogens is 1. The van der Waals surface area contributed by atoms with Gasteiger partial charge in [-0.05, 0) is 19.1 Å². The molecule has 0 amide bonds. The van der Waals surface area contributed by atoms with E-state index in [4.69, 9.17) is 10.5 Å². The van der Waals surface area contributed by atoms with Crippen LogP contribution in [0.1, 0.15) is 18.5 Å². The fourth-order valence-corrected chi connectivity index (χ4v) is 2.10. The summed E-state index contributed by atoms with van der Waals surface area (Å²) >= 11 is 3.39. The summed E-state index contributed by atoms with van der Waals surface area (Å²) in [6.45, 7) is 2.09. The molecule has 1 aromatic heterocycles. The monoisotopic (exact) mass is 296 g/mol. The third-order valence-corrected chi connectivity index (χ3v) is 3.04. The summed E-state index contributed by atoms with van der Waals surface area (Å²) in [6.07, 6.45) is 1.75. The minimum Gasteiger partial charge on any atom is -0.465 e. The van der Waals surface area contributed by atoms with Crippen LogP contribution < -0.4 is 5.73 Å². The van der Waals surface area contributed by atoms with Gasteiger partial charge in [-0.2, -0.15) is 0 Å². The summed E-state index contributed by atoms with van der Waals surface area (Å²) < 4.78 is 5.89. The fraction of sp³-hybridized carbons (Fsp3) is 0.250. The normalized spacial score (nSPS) is 12.6. The van der Waals surface area contributed by atoms with Crippen LogP contribution in [0.4, 0.5) is 0 Å². The van der Waals surface area contributed by atoms with E-state index in [1.54, 1.807) is 13.1 Å². The van der Waals surface area contributed by atoms with Crippen molar-refractivity contribution in [3.63, 3.8) is 0 Å². The van der Waals surface area contributed by atoms with Crippen molar-refractivity contribution in [2.24, 2.45) is 5.73 Å². The van der Waals surface area contributed by atoms with Crippen molar-refractivity contribution in [1.29, 1.82) is 0 Å². The summed E-state index contributed by atoms with van der Waals surface area (Å²) in [5.74, 6) is -0.406. The molecule has 1 heterocycles. The molecule has 2 aromatic rings. The molecule has 5 heteroatoms. The number of rotatable bonds is 3. The zero-order chi connectivity index (χ0) is 12.4.